The Labute approximate surface area is 97.8 Å². The van der Waals surface area contributed by atoms with Crippen molar-refractivity contribution < 1.29 is 0 Å². The minimum absolute atomic E-state index is 0.626. The topological polar surface area (TPSA) is 24.7 Å². The van der Waals surface area contributed by atoms with Gasteiger partial charge in [-0.2, -0.15) is 0 Å². The highest BCUT2D eigenvalue weighted by Crippen LogP contribution is 2.23. The Morgan fingerprint density at radius 1 is 1.06 bits per heavy atom. The number of rotatable bonds is 6. The second-order valence-corrected chi connectivity index (χ2v) is 2.99. The van der Waals surface area contributed by atoms with Crippen LogP contribution in [0.25, 0.3) is 0 Å². The van der Waals surface area contributed by atoms with Crippen molar-refractivity contribution in [2.75, 3.05) is 0 Å². The van der Waals surface area contributed by atoms with Gasteiger partial charge in [0.15, 0.2) is 0 Å². The molecular formula is C14H18N2. The van der Waals surface area contributed by atoms with Crippen LogP contribution < -0.4 is 0 Å². The predicted octanol–water partition coefficient (Wildman–Crippen LogP) is 3.86. The highest BCUT2D eigenvalue weighted by atomic mass is 14.8. The average molecular weight is 214 g/mol. The Morgan fingerprint density at radius 2 is 1.62 bits per heavy atom. The van der Waals surface area contributed by atoms with E-state index in [1.165, 1.54) is 0 Å². The van der Waals surface area contributed by atoms with Gasteiger partial charge in [-0.15, -0.1) is 0 Å². The van der Waals surface area contributed by atoms with Crippen molar-refractivity contribution in [3.63, 3.8) is 0 Å². The summed E-state index contributed by atoms with van der Waals surface area (Å²) in [5.41, 5.74) is 2.89. The van der Waals surface area contributed by atoms with Gasteiger partial charge in [-0.05, 0) is 38.4 Å². The van der Waals surface area contributed by atoms with Crippen LogP contribution in [0.2, 0.25) is 0 Å². The van der Waals surface area contributed by atoms with E-state index in [-0.39, 0.29) is 0 Å². The maximum atomic E-state index is 3.97. The van der Waals surface area contributed by atoms with Crippen molar-refractivity contribution in [1.29, 1.82) is 0 Å². The van der Waals surface area contributed by atoms with E-state index in [2.05, 4.69) is 36.6 Å². The molecule has 0 amide bonds. The van der Waals surface area contributed by atoms with Gasteiger partial charge < -0.3 is 0 Å². The van der Waals surface area contributed by atoms with Gasteiger partial charge in [-0.3, -0.25) is 9.98 Å². The lowest BCUT2D eigenvalue weighted by molar-refractivity contribution is 1.22. The maximum Gasteiger partial charge on any atom is 0.0953 e. The van der Waals surface area contributed by atoms with Crippen LogP contribution in [0.15, 0.2) is 70.0 Å². The highest BCUT2D eigenvalue weighted by molar-refractivity contribution is 5.54. The quantitative estimate of drug-likeness (QED) is 0.474. The van der Waals surface area contributed by atoms with E-state index >= 15 is 0 Å². The second-order valence-electron chi connectivity index (χ2n) is 2.99. The van der Waals surface area contributed by atoms with Gasteiger partial charge in [0.25, 0.3) is 0 Å². The van der Waals surface area contributed by atoms with Crippen LogP contribution in [0.3, 0.4) is 0 Å². The van der Waals surface area contributed by atoms with E-state index in [1.54, 1.807) is 6.08 Å². The molecule has 0 aliphatic rings. The molecule has 84 valence electrons. The summed E-state index contributed by atoms with van der Waals surface area (Å²) in [5, 5.41) is 0. The molecule has 0 saturated carbocycles. The third kappa shape index (κ3) is 3.31. The van der Waals surface area contributed by atoms with Crippen molar-refractivity contribution in [2.24, 2.45) is 9.98 Å². The molecule has 0 N–H and O–H groups in total. The van der Waals surface area contributed by atoms with Crippen molar-refractivity contribution in [3.8, 4) is 0 Å². The molecule has 0 heterocycles. The van der Waals surface area contributed by atoms with Gasteiger partial charge in [0.1, 0.15) is 0 Å². The van der Waals surface area contributed by atoms with E-state index in [9.17, 15) is 0 Å². The third-order valence-electron chi connectivity index (χ3n) is 2.02. The standard InChI is InChI=1S/C14H18N2/c1-7-10-11(4)13(15-5)14(16-6)12(8-2)9-3/h7-10H,2,4-6H2,1,3H3/b10-7-,12-9-,14-13-. The molecule has 0 rings (SSSR count). The lowest BCUT2D eigenvalue weighted by atomic mass is 10.1. The molecule has 0 spiro atoms. The Hall–Kier alpha value is -1.96. The Bertz CT molecular complexity index is 393. The number of aliphatic imine (C=N–C) groups is 2. The summed E-state index contributed by atoms with van der Waals surface area (Å²) < 4.78 is 0. The summed E-state index contributed by atoms with van der Waals surface area (Å²) in [6.45, 7) is 18.5. The van der Waals surface area contributed by atoms with Crippen LogP contribution in [-0.4, -0.2) is 13.4 Å². The zero-order valence-electron chi connectivity index (χ0n) is 10.0. The Kier molecular flexibility index (Phi) is 6.45. The lowest BCUT2D eigenvalue weighted by Crippen LogP contribution is -1.92. The highest BCUT2D eigenvalue weighted by Gasteiger charge is 2.08. The first-order valence-corrected chi connectivity index (χ1v) is 4.95. The molecule has 0 bridgehead atoms. The van der Waals surface area contributed by atoms with Crippen LogP contribution >= 0.6 is 0 Å². The first-order chi connectivity index (χ1) is 7.65. The van der Waals surface area contributed by atoms with E-state index in [0.29, 0.717) is 11.4 Å². The molecule has 0 radical (unpaired) electrons. The van der Waals surface area contributed by atoms with Crippen molar-refractivity contribution in [2.45, 2.75) is 13.8 Å². The first kappa shape index (κ1) is 14.0. The summed E-state index contributed by atoms with van der Waals surface area (Å²) >= 11 is 0. The van der Waals surface area contributed by atoms with Gasteiger partial charge in [0.05, 0.1) is 11.4 Å². The zero-order chi connectivity index (χ0) is 12.6. The van der Waals surface area contributed by atoms with Crippen LogP contribution in [0.5, 0.6) is 0 Å². The normalized spacial score (nSPS) is 13.2. The molecule has 0 aliphatic carbocycles. The SMILES string of the molecule is C=CC(=C/C)/C(N=C)=C(/N=C)C(=C)/C=C\C. The smallest absolute Gasteiger partial charge is 0.0953 e. The largest absolute Gasteiger partial charge is 0.262 e. The third-order valence-corrected chi connectivity index (χ3v) is 2.02. The fourth-order valence-corrected chi connectivity index (χ4v) is 1.26. The van der Waals surface area contributed by atoms with Crippen LogP contribution in [0.1, 0.15) is 13.8 Å². The number of hydrogen-bond donors (Lipinski definition) is 0. The predicted molar refractivity (Wildman–Crippen MR) is 74.0 cm³/mol. The minimum Gasteiger partial charge on any atom is -0.262 e. The molecule has 2 nitrogen and oxygen atoms in total. The molecular weight excluding hydrogens is 196 g/mol. The van der Waals surface area contributed by atoms with Crippen LogP contribution in [0, 0.1) is 0 Å². The molecule has 2 heteroatoms. The first-order valence-electron chi connectivity index (χ1n) is 4.95. The second kappa shape index (κ2) is 7.35. The number of allylic oxidation sites excluding steroid dienone is 4. The van der Waals surface area contributed by atoms with E-state index in [1.807, 2.05) is 32.1 Å². The summed E-state index contributed by atoms with van der Waals surface area (Å²) in [4.78, 5) is 7.92. The lowest BCUT2D eigenvalue weighted by Gasteiger charge is -2.08. The average Bonchev–Trinajstić information content (AvgIpc) is 2.29. The van der Waals surface area contributed by atoms with E-state index in [4.69, 9.17) is 0 Å². The zero-order valence-corrected chi connectivity index (χ0v) is 10.0. The number of hydrogen-bond acceptors (Lipinski definition) is 2. The fraction of sp³-hybridized carbons (Fsp3) is 0.143. The molecule has 16 heavy (non-hydrogen) atoms. The molecule has 0 atom stereocenters. The van der Waals surface area contributed by atoms with Crippen LogP contribution in [-0.2, 0) is 0 Å². The molecule has 0 fully saturated rings. The Balaban J connectivity index is 5.73. The fourth-order valence-electron chi connectivity index (χ4n) is 1.26. The van der Waals surface area contributed by atoms with Crippen LogP contribution in [0.4, 0.5) is 0 Å². The van der Waals surface area contributed by atoms with Crippen molar-refractivity contribution in [3.05, 3.63) is 60.0 Å². The van der Waals surface area contributed by atoms with Gasteiger partial charge in [0.2, 0.25) is 0 Å². The molecule has 0 aromatic rings. The summed E-state index contributed by atoms with van der Waals surface area (Å²) in [5.74, 6) is 0. The monoisotopic (exact) mass is 214 g/mol. The Morgan fingerprint density at radius 3 is 1.94 bits per heavy atom. The number of nitrogens with zero attached hydrogens (tertiary/aromatic N) is 2. The van der Waals surface area contributed by atoms with Crippen molar-refractivity contribution in [1.82, 2.24) is 0 Å². The molecule has 0 aromatic carbocycles. The van der Waals surface area contributed by atoms with Crippen molar-refractivity contribution >= 4 is 13.4 Å². The minimum atomic E-state index is 0.626. The van der Waals surface area contributed by atoms with Gasteiger partial charge >= 0.3 is 0 Å². The summed E-state index contributed by atoms with van der Waals surface area (Å²) in [7, 11) is 0. The van der Waals surface area contributed by atoms with E-state index in [0.717, 1.165) is 11.1 Å². The molecule has 0 unspecified atom stereocenters. The maximum absolute atomic E-state index is 3.97. The molecule has 0 saturated heterocycles. The van der Waals surface area contributed by atoms with Gasteiger partial charge in [-0.1, -0.05) is 37.5 Å². The van der Waals surface area contributed by atoms with Gasteiger partial charge in [-0.25, -0.2) is 0 Å². The summed E-state index contributed by atoms with van der Waals surface area (Å²) in [6.07, 6.45) is 7.34. The van der Waals surface area contributed by atoms with Gasteiger partial charge in [0, 0.05) is 0 Å². The molecule has 0 aliphatic heterocycles. The molecule has 0 aromatic heterocycles. The van der Waals surface area contributed by atoms with E-state index < -0.39 is 0 Å². The summed E-state index contributed by atoms with van der Waals surface area (Å²) in [6, 6.07) is 0.